The zero-order chi connectivity index (χ0) is 27.1. The maximum atomic E-state index is 12.9. The molecule has 8 heteroatoms. The van der Waals surface area contributed by atoms with Crippen molar-refractivity contribution < 1.29 is 33.3 Å². The second-order valence-corrected chi connectivity index (χ2v) is 9.37. The van der Waals surface area contributed by atoms with Gasteiger partial charge in [0.2, 0.25) is 0 Å². The normalized spacial score (nSPS) is 12.1. The number of esters is 2. The molecule has 1 unspecified atom stereocenters. The quantitative estimate of drug-likeness (QED) is 0.263. The Balaban J connectivity index is 2.00. The number of methoxy groups -OCH3 is 3. The van der Waals surface area contributed by atoms with E-state index in [9.17, 15) is 9.59 Å². The summed E-state index contributed by atoms with van der Waals surface area (Å²) in [6.45, 7) is 7.55. The number of benzene rings is 3. The number of ether oxygens (including phenoxy) is 5. The summed E-state index contributed by atoms with van der Waals surface area (Å²) >= 11 is 0. The Hall–Kier alpha value is -3.52. The third-order valence-electron chi connectivity index (χ3n) is 5.93. The molecule has 0 aromatic heterocycles. The molecule has 0 heterocycles. The Morgan fingerprint density at radius 3 is 2.03 bits per heavy atom. The van der Waals surface area contributed by atoms with E-state index < -0.39 is 12.0 Å². The van der Waals surface area contributed by atoms with Crippen LogP contribution in [0.15, 0.2) is 36.4 Å². The number of carbonyl (C=O) groups is 2. The zero-order valence-corrected chi connectivity index (χ0v) is 22.7. The van der Waals surface area contributed by atoms with Crippen molar-refractivity contribution in [2.75, 3.05) is 21.3 Å². The van der Waals surface area contributed by atoms with Crippen LogP contribution in [0.1, 0.15) is 46.1 Å². The van der Waals surface area contributed by atoms with Crippen molar-refractivity contribution in [3.05, 3.63) is 42.0 Å². The fourth-order valence-electron chi connectivity index (χ4n) is 4.24. The van der Waals surface area contributed by atoms with E-state index in [0.29, 0.717) is 18.0 Å². The van der Waals surface area contributed by atoms with Crippen LogP contribution in [-0.2, 0) is 25.6 Å². The SMILES string of the molecule is COc1ccc2cc(CNC(CCC(=O)OC(C)C)C(=O)OC(C)C)c3cc(OC)c(OC)cc3c2c1. The first kappa shape index (κ1) is 28.1. The van der Waals surface area contributed by atoms with Crippen LogP contribution >= 0.6 is 0 Å². The van der Waals surface area contributed by atoms with Crippen LogP contribution in [-0.4, -0.2) is 51.5 Å². The van der Waals surface area contributed by atoms with Crippen molar-refractivity contribution in [1.82, 2.24) is 5.32 Å². The van der Waals surface area contributed by atoms with Gasteiger partial charge in [-0.3, -0.25) is 9.59 Å². The molecule has 0 radical (unpaired) electrons. The van der Waals surface area contributed by atoms with Crippen molar-refractivity contribution in [2.45, 2.75) is 65.3 Å². The Labute approximate surface area is 218 Å². The molecule has 0 saturated heterocycles. The lowest BCUT2D eigenvalue weighted by Gasteiger charge is -2.21. The molecule has 3 aromatic carbocycles. The topological polar surface area (TPSA) is 92.3 Å². The molecule has 0 fully saturated rings. The Morgan fingerprint density at radius 2 is 1.43 bits per heavy atom. The monoisotopic (exact) mass is 511 g/mol. The number of hydrogen-bond acceptors (Lipinski definition) is 8. The first-order valence-corrected chi connectivity index (χ1v) is 12.5. The number of nitrogens with one attached hydrogen (secondary N) is 1. The minimum absolute atomic E-state index is 0.103. The number of carbonyl (C=O) groups excluding carboxylic acids is 2. The van der Waals surface area contributed by atoms with E-state index in [-0.39, 0.29) is 31.0 Å². The highest BCUT2D eigenvalue weighted by Gasteiger charge is 2.23. The van der Waals surface area contributed by atoms with Gasteiger partial charge in [0.1, 0.15) is 11.8 Å². The molecule has 37 heavy (non-hydrogen) atoms. The number of fused-ring (bicyclic) bond motifs is 3. The standard InChI is InChI=1S/C29H37NO7/c1-17(2)36-28(31)11-10-25(29(32)37-18(3)4)30-16-20-12-19-8-9-21(33-5)13-22(19)24-15-27(35-7)26(34-6)14-23(20)24/h8-9,12-15,17-18,25,30H,10-11,16H2,1-7H3. The van der Waals surface area contributed by atoms with E-state index in [0.717, 1.165) is 32.9 Å². The maximum Gasteiger partial charge on any atom is 0.323 e. The Bertz CT molecular complexity index is 1250. The van der Waals surface area contributed by atoms with E-state index in [1.54, 1.807) is 49.0 Å². The van der Waals surface area contributed by atoms with E-state index in [1.165, 1.54) is 0 Å². The fourth-order valence-corrected chi connectivity index (χ4v) is 4.24. The van der Waals surface area contributed by atoms with Crippen LogP contribution in [0.2, 0.25) is 0 Å². The first-order valence-electron chi connectivity index (χ1n) is 12.5. The summed E-state index contributed by atoms with van der Waals surface area (Å²) in [6.07, 6.45) is -0.118. The van der Waals surface area contributed by atoms with Crippen LogP contribution < -0.4 is 19.5 Å². The maximum absolute atomic E-state index is 12.9. The molecule has 0 spiro atoms. The largest absolute Gasteiger partial charge is 0.497 e. The van der Waals surface area contributed by atoms with Crippen molar-refractivity contribution in [2.24, 2.45) is 0 Å². The summed E-state index contributed by atoms with van der Waals surface area (Å²) in [7, 11) is 4.84. The van der Waals surface area contributed by atoms with Crippen molar-refractivity contribution in [3.63, 3.8) is 0 Å². The summed E-state index contributed by atoms with van der Waals surface area (Å²) in [5.74, 6) is 1.22. The van der Waals surface area contributed by atoms with Gasteiger partial charge in [0, 0.05) is 13.0 Å². The highest BCUT2D eigenvalue weighted by Crippen LogP contribution is 2.38. The van der Waals surface area contributed by atoms with Crippen LogP contribution in [0, 0.1) is 0 Å². The minimum atomic E-state index is -0.677. The van der Waals surface area contributed by atoms with E-state index >= 15 is 0 Å². The molecule has 1 atom stereocenters. The van der Waals surface area contributed by atoms with Gasteiger partial charge >= 0.3 is 11.9 Å². The van der Waals surface area contributed by atoms with Crippen LogP contribution in [0.5, 0.6) is 17.2 Å². The van der Waals surface area contributed by atoms with Crippen LogP contribution in [0.3, 0.4) is 0 Å². The van der Waals surface area contributed by atoms with Gasteiger partial charge in [-0.25, -0.2) is 0 Å². The predicted octanol–water partition coefficient (Wildman–Crippen LogP) is 5.16. The molecule has 0 bridgehead atoms. The molecule has 3 aromatic rings. The molecule has 0 saturated carbocycles. The van der Waals surface area contributed by atoms with E-state index in [4.69, 9.17) is 23.7 Å². The molecular weight excluding hydrogens is 474 g/mol. The van der Waals surface area contributed by atoms with Crippen LogP contribution in [0.25, 0.3) is 21.5 Å². The summed E-state index contributed by atoms with van der Waals surface area (Å²) in [5, 5.41) is 7.25. The molecule has 1 N–H and O–H groups in total. The first-order chi connectivity index (χ1) is 17.7. The Morgan fingerprint density at radius 1 is 0.784 bits per heavy atom. The minimum Gasteiger partial charge on any atom is -0.497 e. The second-order valence-electron chi connectivity index (χ2n) is 9.37. The lowest BCUT2D eigenvalue weighted by Crippen LogP contribution is -2.39. The summed E-state index contributed by atoms with van der Waals surface area (Å²) in [5.41, 5.74) is 0.959. The predicted molar refractivity (Wildman–Crippen MR) is 143 cm³/mol. The van der Waals surface area contributed by atoms with E-state index in [2.05, 4.69) is 11.4 Å². The summed E-state index contributed by atoms with van der Waals surface area (Å²) in [4.78, 5) is 25.0. The third kappa shape index (κ3) is 7.04. The summed E-state index contributed by atoms with van der Waals surface area (Å²) < 4.78 is 27.3. The zero-order valence-electron chi connectivity index (χ0n) is 22.7. The van der Waals surface area contributed by atoms with Gasteiger partial charge < -0.3 is 29.0 Å². The highest BCUT2D eigenvalue weighted by molar-refractivity contribution is 6.10. The van der Waals surface area contributed by atoms with Gasteiger partial charge in [0.05, 0.1) is 33.5 Å². The van der Waals surface area contributed by atoms with Gasteiger partial charge in [-0.15, -0.1) is 0 Å². The third-order valence-corrected chi connectivity index (χ3v) is 5.93. The molecule has 8 nitrogen and oxygen atoms in total. The highest BCUT2D eigenvalue weighted by atomic mass is 16.5. The number of rotatable bonds is 12. The van der Waals surface area contributed by atoms with Crippen LogP contribution in [0.4, 0.5) is 0 Å². The lowest BCUT2D eigenvalue weighted by molar-refractivity contribution is -0.151. The van der Waals surface area contributed by atoms with Gasteiger partial charge in [-0.2, -0.15) is 0 Å². The van der Waals surface area contributed by atoms with Crippen molar-refractivity contribution in [1.29, 1.82) is 0 Å². The molecule has 0 aliphatic carbocycles. The fraction of sp³-hybridized carbons (Fsp3) is 0.448. The van der Waals surface area contributed by atoms with E-state index in [1.807, 2.05) is 30.3 Å². The van der Waals surface area contributed by atoms with Crippen molar-refractivity contribution >= 4 is 33.5 Å². The van der Waals surface area contributed by atoms with Gasteiger partial charge in [-0.1, -0.05) is 6.07 Å². The smallest absolute Gasteiger partial charge is 0.323 e. The summed E-state index contributed by atoms with van der Waals surface area (Å²) in [6, 6.07) is 11.2. The molecule has 200 valence electrons. The number of hydrogen-bond donors (Lipinski definition) is 1. The lowest BCUT2D eigenvalue weighted by atomic mass is 9.96. The average molecular weight is 512 g/mol. The Kier molecular flexibility index (Phi) is 9.58. The average Bonchev–Trinajstić information content (AvgIpc) is 2.86. The molecule has 0 aliphatic heterocycles. The van der Waals surface area contributed by atoms with Gasteiger partial charge in [-0.05, 0) is 91.6 Å². The van der Waals surface area contributed by atoms with Gasteiger partial charge in [0.15, 0.2) is 11.5 Å². The van der Waals surface area contributed by atoms with Crippen molar-refractivity contribution in [3.8, 4) is 17.2 Å². The molecule has 3 rings (SSSR count). The molecular formula is C29H37NO7. The van der Waals surface area contributed by atoms with Gasteiger partial charge in [0.25, 0.3) is 0 Å². The molecule has 0 aliphatic rings. The molecule has 0 amide bonds. The second kappa shape index (κ2) is 12.6.